The molecule has 0 radical (unpaired) electrons. The summed E-state index contributed by atoms with van der Waals surface area (Å²) < 4.78 is 11.7. The third kappa shape index (κ3) is 10.7. The first-order valence-corrected chi connectivity index (χ1v) is 17.3. The van der Waals surface area contributed by atoms with Crippen molar-refractivity contribution in [3.63, 3.8) is 0 Å². The van der Waals surface area contributed by atoms with Crippen LogP contribution >= 0.6 is 0 Å². The van der Waals surface area contributed by atoms with Gasteiger partial charge in [-0.3, -0.25) is 9.80 Å². The predicted molar refractivity (Wildman–Crippen MR) is 187 cm³/mol. The Balaban J connectivity index is 1.59. The van der Waals surface area contributed by atoms with Crippen LogP contribution in [-0.2, 0) is 5.41 Å². The third-order valence-electron chi connectivity index (χ3n) is 9.77. The molecule has 1 aliphatic rings. The molecule has 1 fully saturated rings. The molecule has 6 heteroatoms. The minimum atomic E-state index is -0.560. The normalized spacial score (nSPS) is 21.8. The summed E-state index contributed by atoms with van der Waals surface area (Å²) in [4.78, 5) is 5.14. The van der Waals surface area contributed by atoms with E-state index in [1.807, 2.05) is 24.3 Å². The van der Waals surface area contributed by atoms with E-state index in [0.717, 1.165) is 37.4 Å². The van der Waals surface area contributed by atoms with Crippen molar-refractivity contribution < 1.29 is 19.7 Å². The Morgan fingerprint density at radius 1 is 0.800 bits per heavy atom. The van der Waals surface area contributed by atoms with Crippen LogP contribution in [0, 0.1) is 10.8 Å². The monoisotopic (exact) mass is 624 g/mol. The Morgan fingerprint density at radius 3 is 1.73 bits per heavy atom. The van der Waals surface area contributed by atoms with Crippen molar-refractivity contribution in [2.45, 2.75) is 131 Å². The number of nitrogens with zero attached hydrogens (tertiary/aromatic N) is 2. The number of rotatable bonds is 16. The van der Waals surface area contributed by atoms with Crippen LogP contribution in [0.2, 0.25) is 0 Å². The minimum Gasteiger partial charge on any atom is -0.491 e. The van der Waals surface area contributed by atoms with Crippen molar-refractivity contribution in [1.29, 1.82) is 0 Å². The maximum absolute atomic E-state index is 11.1. The van der Waals surface area contributed by atoms with Gasteiger partial charge in [0.1, 0.15) is 30.8 Å². The summed E-state index contributed by atoms with van der Waals surface area (Å²) in [6.07, 6.45) is 2.48. The lowest BCUT2D eigenvalue weighted by Gasteiger charge is -2.52. The first-order chi connectivity index (χ1) is 20.9. The van der Waals surface area contributed by atoms with Crippen LogP contribution in [-0.4, -0.2) is 83.2 Å². The van der Waals surface area contributed by atoms with Crippen molar-refractivity contribution in [3.05, 3.63) is 59.7 Å². The van der Waals surface area contributed by atoms with E-state index in [2.05, 4.69) is 103 Å². The summed E-state index contributed by atoms with van der Waals surface area (Å²) in [5.41, 5.74) is 2.66. The molecule has 3 rings (SSSR count). The number of likely N-dealkylation sites (N-methyl/N-ethyl adjacent to an activating group) is 1. The maximum Gasteiger partial charge on any atom is 0.119 e. The van der Waals surface area contributed by atoms with Crippen molar-refractivity contribution in [1.82, 2.24) is 9.80 Å². The lowest BCUT2D eigenvalue weighted by atomic mass is 9.62. The molecule has 0 bridgehead atoms. The molecule has 4 unspecified atom stereocenters. The van der Waals surface area contributed by atoms with Crippen LogP contribution < -0.4 is 9.47 Å². The fourth-order valence-corrected chi connectivity index (χ4v) is 7.73. The van der Waals surface area contributed by atoms with E-state index in [0.29, 0.717) is 24.7 Å². The zero-order chi connectivity index (χ0) is 33.6. The second-order valence-electron chi connectivity index (χ2n) is 16.0. The van der Waals surface area contributed by atoms with Crippen LogP contribution in [0.25, 0.3) is 0 Å². The molecule has 45 heavy (non-hydrogen) atoms. The largest absolute Gasteiger partial charge is 0.491 e. The first-order valence-electron chi connectivity index (χ1n) is 17.3. The fourth-order valence-electron chi connectivity index (χ4n) is 7.73. The second kappa shape index (κ2) is 15.6. The van der Waals surface area contributed by atoms with Crippen molar-refractivity contribution in [2.24, 2.45) is 10.8 Å². The van der Waals surface area contributed by atoms with Crippen molar-refractivity contribution in [3.8, 4) is 11.5 Å². The molecule has 4 atom stereocenters. The fraction of sp³-hybridized carbons (Fsp3) is 0.692. The lowest BCUT2D eigenvalue weighted by molar-refractivity contribution is -0.0291. The highest BCUT2D eigenvalue weighted by atomic mass is 16.5. The van der Waals surface area contributed by atoms with E-state index >= 15 is 0 Å². The molecule has 2 N–H and O–H groups in total. The Bertz CT molecular complexity index is 1150. The van der Waals surface area contributed by atoms with Crippen LogP contribution in [0.5, 0.6) is 11.5 Å². The van der Waals surface area contributed by atoms with Gasteiger partial charge >= 0.3 is 0 Å². The van der Waals surface area contributed by atoms with Gasteiger partial charge in [0.05, 0.1) is 6.10 Å². The van der Waals surface area contributed by atoms with E-state index in [1.165, 1.54) is 17.5 Å². The third-order valence-corrected chi connectivity index (χ3v) is 9.77. The van der Waals surface area contributed by atoms with Gasteiger partial charge in [0, 0.05) is 36.6 Å². The summed E-state index contributed by atoms with van der Waals surface area (Å²) >= 11 is 0. The average Bonchev–Trinajstić information content (AvgIpc) is 2.95. The molecule has 1 aliphatic carbocycles. The summed E-state index contributed by atoms with van der Waals surface area (Å²) in [6.45, 7) is 28.1. The van der Waals surface area contributed by atoms with Crippen LogP contribution in [0.15, 0.2) is 48.5 Å². The van der Waals surface area contributed by atoms with Crippen LogP contribution in [0.3, 0.4) is 0 Å². The maximum atomic E-state index is 11.1. The van der Waals surface area contributed by atoms with E-state index in [9.17, 15) is 10.2 Å². The van der Waals surface area contributed by atoms with E-state index < -0.39 is 12.2 Å². The quantitative estimate of drug-likeness (QED) is 0.201. The zero-order valence-corrected chi connectivity index (χ0v) is 30.3. The van der Waals surface area contributed by atoms with Gasteiger partial charge in [-0.25, -0.2) is 0 Å². The van der Waals surface area contributed by atoms with Crippen LogP contribution in [0.4, 0.5) is 0 Å². The van der Waals surface area contributed by atoms with Gasteiger partial charge in [0.2, 0.25) is 0 Å². The molecule has 0 amide bonds. The second-order valence-corrected chi connectivity index (χ2v) is 16.0. The van der Waals surface area contributed by atoms with Crippen LogP contribution in [0.1, 0.15) is 107 Å². The first kappa shape index (κ1) is 37.3. The van der Waals surface area contributed by atoms with E-state index in [-0.39, 0.29) is 29.5 Å². The summed E-state index contributed by atoms with van der Waals surface area (Å²) in [5, 5.41) is 20.6. The summed E-state index contributed by atoms with van der Waals surface area (Å²) in [5.74, 6) is 1.52. The SMILES string of the molecule is CCN(CC(O)COc1ccc(C(C)(C)c2ccc(OCC(C)O)cc2)cc1)C1CC(C)(C)CC(C)(CN(C(C)C)C(C)C)C1. The smallest absolute Gasteiger partial charge is 0.119 e. The Morgan fingerprint density at radius 2 is 1.29 bits per heavy atom. The molecule has 0 spiro atoms. The molecule has 1 saturated carbocycles. The molecule has 0 aliphatic heterocycles. The lowest BCUT2D eigenvalue weighted by Crippen LogP contribution is -2.53. The van der Waals surface area contributed by atoms with Gasteiger partial charge < -0.3 is 19.7 Å². The Hall–Kier alpha value is -2.12. The number of hydrogen-bond donors (Lipinski definition) is 2. The molecule has 2 aromatic carbocycles. The molecule has 0 aromatic heterocycles. The highest BCUT2D eigenvalue weighted by Gasteiger charge is 2.44. The summed E-state index contributed by atoms with van der Waals surface area (Å²) in [6, 6.07) is 17.8. The number of ether oxygens (including phenoxy) is 2. The minimum absolute atomic E-state index is 0.202. The highest BCUT2D eigenvalue weighted by molar-refractivity contribution is 5.41. The predicted octanol–water partition coefficient (Wildman–Crippen LogP) is 7.54. The Labute approximate surface area is 275 Å². The van der Waals surface area contributed by atoms with Gasteiger partial charge in [0.15, 0.2) is 0 Å². The zero-order valence-electron chi connectivity index (χ0n) is 30.3. The molecule has 2 aromatic rings. The van der Waals surface area contributed by atoms with Gasteiger partial charge in [-0.1, -0.05) is 65.8 Å². The molecular weight excluding hydrogens is 560 g/mol. The topological polar surface area (TPSA) is 65.4 Å². The standard InChI is InChI=1S/C39H64N2O4/c1-12-40(33-21-37(7,8)26-39(11,22-33)27-41(28(2)3)29(4)5)23-34(43)25-45-36-19-15-32(16-20-36)38(9,10)31-13-17-35(18-14-31)44-24-30(6)42/h13-20,28-30,33-34,42-43H,12,21-27H2,1-11H3. The number of hydrogen-bond acceptors (Lipinski definition) is 6. The average molecular weight is 625 g/mol. The number of benzene rings is 2. The van der Waals surface area contributed by atoms with Crippen molar-refractivity contribution in [2.75, 3.05) is 32.8 Å². The Kier molecular flexibility index (Phi) is 13.0. The molecule has 0 heterocycles. The number of aliphatic hydroxyl groups excluding tert-OH is 2. The van der Waals surface area contributed by atoms with Gasteiger partial charge in [-0.15, -0.1) is 0 Å². The van der Waals surface area contributed by atoms with E-state index in [4.69, 9.17) is 9.47 Å². The van der Waals surface area contributed by atoms with Crippen molar-refractivity contribution >= 4 is 0 Å². The number of aliphatic hydroxyl groups is 2. The molecule has 6 nitrogen and oxygen atoms in total. The van der Waals surface area contributed by atoms with Gasteiger partial charge in [-0.05, 0) is 107 Å². The van der Waals surface area contributed by atoms with Gasteiger partial charge in [0.25, 0.3) is 0 Å². The van der Waals surface area contributed by atoms with Gasteiger partial charge in [-0.2, -0.15) is 0 Å². The highest BCUT2D eigenvalue weighted by Crippen LogP contribution is 2.48. The molecule has 0 saturated heterocycles. The molecular formula is C39H64N2O4. The summed E-state index contributed by atoms with van der Waals surface area (Å²) in [7, 11) is 0. The molecule has 254 valence electrons. The van der Waals surface area contributed by atoms with E-state index in [1.54, 1.807) is 6.92 Å².